The summed E-state index contributed by atoms with van der Waals surface area (Å²) in [5.41, 5.74) is 7.02. The molecular formula is C22H34N6O2. The van der Waals surface area contributed by atoms with E-state index in [-0.39, 0.29) is 5.91 Å². The van der Waals surface area contributed by atoms with Crippen molar-refractivity contribution >= 4 is 23.1 Å². The number of aromatic nitrogens is 1. The topological polar surface area (TPSA) is 87.0 Å². The number of hydrogen-bond donors (Lipinski definition) is 2. The van der Waals surface area contributed by atoms with Crippen LogP contribution in [0.15, 0.2) is 18.7 Å². The van der Waals surface area contributed by atoms with Crippen LogP contribution in [0.3, 0.4) is 0 Å². The molecule has 3 heterocycles. The van der Waals surface area contributed by atoms with Crippen LogP contribution in [0.5, 0.6) is 5.88 Å². The molecule has 2 aliphatic heterocycles. The number of hydrogen-bond acceptors (Lipinski definition) is 7. The minimum atomic E-state index is -0.278. The van der Waals surface area contributed by atoms with Crippen molar-refractivity contribution in [2.75, 3.05) is 55.8 Å². The summed E-state index contributed by atoms with van der Waals surface area (Å²) in [6.07, 6.45) is 6.18. The van der Waals surface area contributed by atoms with E-state index in [2.05, 4.69) is 38.5 Å². The number of nitrogens with zero attached hydrogens (tertiary/aromatic N) is 4. The smallest absolute Gasteiger partial charge is 0.247 e. The fraction of sp³-hybridized carbons (Fsp3) is 0.636. The molecule has 3 N–H and O–H groups in total. The van der Waals surface area contributed by atoms with Crippen molar-refractivity contribution in [1.82, 2.24) is 14.8 Å². The lowest BCUT2D eigenvalue weighted by Gasteiger charge is -2.46. The van der Waals surface area contributed by atoms with Gasteiger partial charge in [-0.3, -0.25) is 14.6 Å². The second-order valence-electron chi connectivity index (χ2n) is 8.68. The predicted octanol–water partition coefficient (Wildman–Crippen LogP) is 1.93. The monoisotopic (exact) mass is 414 g/mol. The van der Waals surface area contributed by atoms with E-state index in [1.165, 1.54) is 32.0 Å². The van der Waals surface area contributed by atoms with Gasteiger partial charge < -0.3 is 20.7 Å². The fourth-order valence-electron chi connectivity index (χ4n) is 4.91. The van der Waals surface area contributed by atoms with Gasteiger partial charge in [-0.25, -0.2) is 0 Å². The minimum absolute atomic E-state index is 0.278. The molecule has 3 aliphatic rings. The lowest BCUT2D eigenvalue weighted by atomic mass is 10.0. The summed E-state index contributed by atoms with van der Waals surface area (Å²) in [5.74, 6) is 0.815. The van der Waals surface area contributed by atoms with Crippen molar-refractivity contribution in [2.24, 2.45) is 0 Å². The van der Waals surface area contributed by atoms with Gasteiger partial charge in [-0.2, -0.15) is 4.98 Å². The summed E-state index contributed by atoms with van der Waals surface area (Å²) in [7, 11) is 1.55. The molecule has 1 aliphatic carbocycles. The van der Waals surface area contributed by atoms with Crippen LogP contribution >= 0.6 is 0 Å². The van der Waals surface area contributed by atoms with Gasteiger partial charge in [-0.05, 0) is 44.7 Å². The van der Waals surface area contributed by atoms with Crippen molar-refractivity contribution in [3.05, 3.63) is 18.7 Å². The van der Waals surface area contributed by atoms with Gasteiger partial charge in [-0.15, -0.1) is 0 Å². The summed E-state index contributed by atoms with van der Waals surface area (Å²) >= 11 is 0. The Kier molecular flexibility index (Phi) is 6.15. The van der Waals surface area contributed by atoms with Crippen molar-refractivity contribution in [1.29, 1.82) is 0 Å². The summed E-state index contributed by atoms with van der Waals surface area (Å²) < 4.78 is 5.32. The number of piperazine rings is 1. The SMILES string of the molecule is C=CC(=O)Nc1cc(N)c(OC)nc1N1CCC(N2CCN(C3CC3)[C@@H](C)C2)CC1. The van der Waals surface area contributed by atoms with Crippen LogP contribution < -0.4 is 20.7 Å². The van der Waals surface area contributed by atoms with Crippen LogP contribution in [-0.2, 0) is 4.79 Å². The number of amides is 1. The molecule has 1 saturated carbocycles. The molecule has 8 nitrogen and oxygen atoms in total. The van der Waals surface area contributed by atoms with Crippen LogP contribution in [0.4, 0.5) is 17.2 Å². The number of carbonyl (C=O) groups is 1. The summed E-state index contributed by atoms with van der Waals surface area (Å²) in [4.78, 5) is 24.1. The molecule has 0 bridgehead atoms. The van der Waals surface area contributed by atoms with Gasteiger partial charge in [0.05, 0.1) is 18.5 Å². The Morgan fingerprint density at radius 1 is 1.23 bits per heavy atom. The van der Waals surface area contributed by atoms with Crippen LogP contribution in [0.1, 0.15) is 32.6 Å². The zero-order valence-electron chi connectivity index (χ0n) is 18.1. The first-order valence-corrected chi connectivity index (χ1v) is 11.0. The fourth-order valence-corrected chi connectivity index (χ4v) is 4.91. The van der Waals surface area contributed by atoms with Gasteiger partial charge in [0, 0.05) is 50.8 Å². The molecule has 0 unspecified atom stereocenters. The molecule has 164 valence electrons. The second kappa shape index (κ2) is 8.81. The standard InChI is InChI=1S/C22H34N6O2/c1-4-20(29)24-19-13-18(23)22(30-3)25-21(19)26-9-7-16(8-10-26)27-11-12-28(15(2)14-27)17-5-6-17/h4,13,15-17H,1,5-12,14,23H2,2-3H3,(H,24,29)/t15-/m0/s1. The van der Waals surface area contributed by atoms with E-state index in [0.29, 0.717) is 35.2 Å². The number of nitrogens with two attached hydrogens (primary N) is 1. The molecule has 3 fully saturated rings. The zero-order chi connectivity index (χ0) is 21.3. The first-order valence-electron chi connectivity index (χ1n) is 11.0. The third-order valence-corrected chi connectivity index (χ3v) is 6.64. The van der Waals surface area contributed by atoms with E-state index in [1.807, 2.05) is 0 Å². The Bertz CT molecular complexity index is 788. The minimum Gasteiger partial charge on any atom is -0.479 e. The first kappa shape index (κ1) is 20.9. The molecule has 1 aromatic rings. The molecule has 30 heavy (non-hydrogen) atoms. The Hall–Kier alpha value is -2.32. The number of ether oxygens (including phenoxy) is 1. The Morgan fingerprint density at radius 2 is 1.97 bits per heavy atom. The molecular weight excluding hydrogens is 380 g/mol. The summed E-state index contributed by atoms with van der Waals surface area (Å²) in [5, 5.41) is 2.84. The van der Waals surface area contributed by atoms with Crippen molar-refractivity contribution in [2.45, 2.75) is 50.7 Å². The number of nitrogen functional groups attached to an aromatic ring is 1. The molecule has 1 amide bonds. The molecule has 4 rings (SSSR count). The molecule has 2 saturated heterocycles. The van der Waals surface area contributed by atoms with Gasteiger partial charge in [0.25, 0.3) is 0 Å². The third kappa shape index (κ3) is 4.39. The first-order chi connectivity index (χ1) is 14.5. The number of rotatable bonds is 6. The zero-order valence-corrected chi connectivity index (χ0v) is 18.1. The van der Waals surface area contributed by atoms with Gasteiger partial charge in [0.2, 0.25) is 11.8 Å². The summed E-state index contributed by atoms with van der Waals surface area (Å²) in [6.45, 7) is 11.2. The van der Waals surface area contributed by atoms with Gasteiger partial charge in [0.1, 0.15) is 0 Å². The maximum atomic E-state index is 11.9. The van der Waals surface area contributed by atoms with E-state index in [1.54, 1.807) is 13.2 Å². The second-order valence-corrected chi connectivity index (χ2v) is 8.68. The molecule has 0 radical (unpaired) electrons. The lowest BCUT2D eigenvalue weighted by molar-refractivity contribution is -0.111. The maximum Gasteiger partial charge on any atom is 0.247 e. The van der Waals surface area contributed by atoms with Gasteiger partial charge in [0.15, 0.2) is 5.82 Å². The van der Waals surface area contributed by atoms with Gasteiger partial charge >= 0.3 is 0 Å². The van der Waals surface area contributed by atoms with Crippen molar-refractivity contribution in [3.8, 4) is 5.88 Å². The molecule has 0 spiro atoms. The van der Waals surface area contributed by atoms with Crippen LogP contribution in [-0.4, -0.2) is 78.7 Å². The third-order valence-electron chi connectivity index (χ3n) is 6.64. The maximum absolute atomic E-state index is 11.9. The Morgan fingerprint density at radius 3 is 2.57 bits per heavy atom. The number of methoxy groups -OCH3 is 1. The lowest BCUT2D eigenvalue weighted by Crippen LogP contribution is -2.57. The average molecular weight is 415 g/mol. The number of carbonyl (C=O) groups excluding carboxylic acids is 1. The average Bonchev–Trinajstić information content (AvgIpc) is 3.59. The van der Waals surface area contributed by atoms with Crippen molar-refractivity contribution in [3.63, 3.8) is 0 Å². The number of nitrogens with one attached hydrogen (secondary N) is 1. The predicted molar refractivity (Wildman–Crippen MR) is 120 cm³/mol. The van der Waals surface area contributed by atoms with Crippen LogP contribution in [0.2, 0.25) is 0 Å². The largest absolute Gasteiger partial charge is 0.479 e. The normalized spacial score (nSPS) is 23.9. The molecule has 1 aromatic heterocycles. The van der Waals surface area contributed by atoms with E-state index >= 15 is 0 Å². The number of piperidine rings is 1. The van der Waals surface area contributed by atoms with E-state index in [0.717, 1.165) is 38.5 Å². The summed E-state index contributed by atoms with van der Waals surface area (Å²) in [6, 6.07) is 3.81. The van der Waals surface area contributed by atoms with E-state index in [4.69, 9.17) is 10.5 Å². The Balaban J connectivity index is 1.42. The van der Waals surface area contributed by atoms with Crippen LogP contribution in [0.25, 0.3) is 0 Å². The van der Waals surface area contributed by atoms with Crippen molar-refractivity contribution < 1.29 is 9.53 Å². The molecule has 8 heteroatoms. The number of pyridine rings is 1. The highest BCUT2D eigenvalue weighted by Crippen LogP contribution is 2.35. The van der Waals surface area contributed by atoms with Crippen LogP contribution in [0, 0.1) is 0 Å². The highest BCUT2D eigenvalue weighted by Gasteiger charge is 2.37. The Labute approximate surface area is 179 Å². The van der Waals surface area contributed by atoms with E-state index < -0.39 is 0 Å². The highest BCUT2D eigenvalue weighted by molar-refractivity contribution is 6.01. The number of anilines is 3. The molecule has 0 aromatic carbocycles. The highest BCUT2D eigenvalue weighted by atomic mass is 16.5. The molecule has 1 atom stereocenters. The van der Waals surface area contributed by atoms with E-state index in [9.17, 15) is 4.79 Å². The quantitative estimate of drug-likeness (QED) is 0.688. The van der Waals surface area contributed by atoms with Gasteiger partial charge in [-0.1, -0.05) is 6.58 Å².